The maximum atomic E-state index is 12.2. The standard InChI is InChI=1S/C18H20N4O3S/c1-14-12-18(21-25-14)20-17-10-9-16(13-19-17)22-26(23,24)11-5-8-15-6-3-2-4-7-15/h2-4,6-7,9-10,12-13,22H,5,8,11H2,1H3,(H,19,20,21). The van der Waals surface area contributed by atoms with Crippen LogP contribution in [-0.2, 0) is 16.4 Å². The van der Waals surface area contributed by atoms with Crippen molar-refractivity contribution < 1.29 is 12.9 Å². The number of pyridine rings is 1. The molecule has 2 heterocycles. The molecule has 26 heavy (non-hydrogen) atoms. The highest BCUT2D eigenvalue weighted by atomic mass is 32.2. The van der Waals surface area contributed by atoms with Crippen molar-refractivity contribution in [2.24, 2.45) is 0 Å². The van der Waals surface area contributed by atoms with Gasteiger partial charge in [0, 0.05) is 6.07 Å². The lowest BCUT2D eigenvalue weighted by Gasteiger charge is -2.08. The Morgan fingerprint density at radius 2 is 1.88 bits per heavy atom. The zero-order valence-corrected chi connectivity index (χ0v) is 15.2. The smallest absolute Gasteiger partial charge is 0.232 e. The van der Waals surface area contributed by atoms with Gasteiger partial charge in [-0.1, -0.05) is 35.5 Å². The van der Waals surface area contributed by atoms with Crippen LogP contribution in [-0.4, -0.2) is 24.3 Å². The number of rotatable bonds is 8. The van der Waals surface area contributed by atoms with E-state index in [0.717, 1.165) is 12.0 Å². The van der Waals surface area contributed by atoms with Crippen molar-refractivity contribution in [2.45, 2.75) is 19.8 Å². The minimum atomic E-state index is -3.41. The first-order chi connectivity index (χ1) is 12.5. The first-order valence-electron chi connectivity index (χ1n) is 8.21. The lowest BCUT2D eigenvalue weighted by atomic mass is 10.1. The minimum absolute atomic E-state index is 0.0557. The molecule has 0 bridgehead atoms. The molecular formula is C18H20N4O3S. The summed E-state index contributed by atoms with van der Waals surface area (Å²) in [4.78, 5) is 4.18. The molecule has 0 aliphatic carbocycles. The summed E-state index contributed by atoms with van der Waals surface area (Å²) >= 11 is 0. The van der Waals surface area contributed by atoms with E-state index in [1.165, 1.54) is 6.20 Å². The quantitative estimate of drug-likeness (QED) is 0.628. The normalized spacial score (nSPS) is 11.3. The van der Waals surface area contributed by atoms with Crippen LogP contribution in [0.2, 0.25) is 0 Å². The van der Waals surface area contributed by atoms with Crippen LogP contribution in [0.1, 0.15) is 17.7 Å². The van der Waals surface area contributed by atoms with Crippen molar-refractivity contribution in [3.63, 3.8) is 0 Å². The van der Waals surface area contributed by atoms with E-state index in [1.54, 1.807) is 25.1 Å². The maximum absolute atomic E-state index is 12.2. The Labute approximate surface area is 152 Å². The number of sulfonamides is 1. The third-order valence-electron chi connectivity index (χ3n) is 3.64. The van der Waals surface area contributed by atoms with Crippen molar-refractivity contribution in [3.05, 3.63) is 66.1 Å². The van der Waals surface area contributed by atoms with Crippen molar-refractivity contribution in [2.75, 3.05) is 15.8 Å². The minimum Gasteiger partial charge on any atom is -0.360 e. The summed E-state index contributed by atoms with van der Waals surface area (Å²) in [5, 5.41) is 6.79. The van der Waals surface area contributed by atoms with E-state index in [2.05, 4.69) is 20.2 Å². The van der Waals surface area contributed by atoms with Crippen molar-refractivity contribution in [3.8, 4) is 0 Å². The molecule has 1 aromatic carbocycles. The van der Waals surface area contributed by atoms with Gasteiger partial charge in [0.25, 0.3) is 0 Å². The van der Waals surface area contributed by atoms with Crippen LogP contribution in [0, 0.1) is 6.92 Å². The molecule has 0 fully saturated rings. The summed E-state index contributed by atoms with van der Waals surface area (Å²) < 4.78 is 31.9. The summed E-state index contributed by atoms with van der Waals surface area (Å²) in [7, 11) is -3.41. The molecule has 7 nitrogen and oxygen atoms in total. The molecule has 2 N–H and O–H groups in total. The topological polar surface area (TPSA) is 97.1 Å². The summed E-state index contributed by atoms with van der Waals surface area (Å²) in [5.74, 6) is 1.84. The molecule has 0 aliphatic rings. The fraction of sp³-hybridized carbons (Fsp3) is 0.222. The molecule has 8 heteroatoms. The fourth-order valence-corrected chi connectivity index (χ4v) is 3.53. The van der Waals surface area contributed by atoms with E-state index >= 15 is 0 Å². The van der Waals surface area contributed by atoms with Crippen molar-refractivity contribution in [1.82, 2.24) is 10.1 Å². The average molecular weight is 372 g/mol. The molecule has 0 radical (unpaired) electrons. The van der Waals surface area contributed by atoms with E-state index in [-0.39, 0.29) is 5.75 Å². The lowest BCUT2D eigenvalue weighted by molar-refractivity contribution is 0.400. The third-order valence-corrected chi connectivity index (χ3v) is 5.02. The Balaban J connectivity index is 1.52. The summed E-state index contributed by atoms with van der Waals surface area (Å²) in [5.41, 5.74) is 1.55. The number of hydrogen-bond acceptors (Lipinski definition) is 6. The SMILES string of the molecule is Cc1cc(Nc2ccc(NS(=O)(=O)CCCc3ccccc3)cn2)no1. The zero-order valence-electron chi connectivity index (χ0n) is 14.3. The number of hydrogen-bond donors (Lipinski definition) is 2. The molecule has 3 aromatic rings. The van der Waals surface area contributed by atoms with Crippen LogP contribution in [0.15, 0.2) is 59.3 Å². The molecule has 0 saturated heterocycles. The largest absolute Gasteiger partial charge is 0.360 e. The monoisotopic (exact) mass is 372 g/mol. The summed E-state index contributed by atoms with van der Waals surface area (Å²) in [6, 6.07) is 14.9. The highest BCUT2D eigenvalue weighted by Crippen LogP contribution is 2.17. The predicted molar refractivity (Wildman–Crippen MR) is 101 cm³/mol. The maximum Gasteiger partial charge on any atom is 0.232 e. The van der Waals surface area contributed by atoms with Gasteiger partial charge in [-0.15, -0.1) is 0 Å². The van der Waals surface area contributed by atoms with Crippen LogP contribution in [0.25, 0.3) is 0 Å². The Kier molecular flexibility index (Phi) is 5.52. The molecular weight excluding hydrogens is 352 g/mol. The summed E-state index contributed by atoms with van der Waals surface area (Å²) in [6.07, 6.45) is 2.74. The van der Waals surface area contributed by atoms with Crippen molar-refractivity contribution in [1.29, 1.82) is 0 Å². The van der Waals surface area contributed by atoms with E-state index in [0.29, 0.717) is 29.5 Å². The van der Waals surface area contributed by atoms with Crippen LogP contribution in [0.5, 0.6) is 0 Å². The third kappa shape index (κ3) is 5.32. The number of nitrogens with one attached hydrogen (secondary N) is 2. The van der Waals surface area contributed by atoms with E-state index in [4.69, 9.17) is 4.52 Å². The molecule has 0 atom stereocenters. The lowest BCUT2D eigenvalue weighted by Crippen LogP contribution is -2.17. The predicted octanol–water partition coefficient (Wildman–Crippen LogP) is 3.50. The zero-order chi connectivity index (χ0) is 18.4. The van der Waals surface area contributed by atoms with Gasteiger partial charge in [-0.3, -0.25) is 4.72 Å². The number of aromatic nitrogens is 2. The van der Waals surface area contributed by atoms with Gasteiger partial charge in [-0.05, 0) is 37.5 Å². The van der Waals surface area contributed by atoms with Gasteiger partial charge in [0.05, 0.1) is 17.6 Å². The van der Waals surface area contributed by atoms with Crippen LogP contribution in [0.3, 0.4) is 0 Å². The fourth-order valence-electron chi connectivity index (χ4n) is 2.43. The Hall–Kier alpha value is -2.87. The van der Waals surface area contributed by atoms with Gasteiger partial charge >= 0.3 is 0 Å². The number of benzene rings is 1. The Morgan fingerprint density at radius 1 is 1.08 bits per heavy atom. The van der Waals surface area contributed by atoms with Crippen LogP contribution >= 0.6 is 0 Å². The Bertz CT molecular complexity index is 938. The Morgan fingerprint density at radius 3 is 2.54 bits per heavy atom. The molecule has 0 saturated carbocycles. The molecule has 136 valence electrons. The number of anilines is 3. The van der Waals surface area contributed by atoms with E-state index in [9.17, 15) is 8.42 Å². The second kappa shape index (κ2) is 8.01. The molecule has 0 aliphatic heterocycles. The molecule has 0 unspecified atom stereocenters. The van der Waals surface area contributed by atoms with E-state index < -0.39 is 10.0 Å². The number of nitrogens with zero attached hydrogens (tertiary/aromatic N) is 2. The molecule has 0 spiro atoms. The van der Waals surface area contributed by atoms with Gasteiger partial charge in [0.1, 0.15) is 11.6 Å². The van der Waals surface area contributed by atoms with Gasteiger partial charge in [0.15, 0.2) is 5.82 Å². The highest BCUT2D eigenvalue weighted by Gasteiger charge is 2.11. The molecule has 0 amide bonds. The van der Waals surface area contributed by atoms with Crippen molar-refractivity contribution >= 4 is 27.3 Å². The second-order valence-electron chi connectivity index (χ2n) is 5.89. The first-order valence-corrected chi connectivity index (χ1v) is 9.86. The molecule has 2 aromatic heterocycles. The molecule has 3 rings (SSSR count). The summed E-state index contributed by atoms with van der Waals surface area (Å²) in [6.45, 7) is 1.79. The average Bonchev–Trinajstić information content (AvgIpc) is 3.02. The van der Waals surface area contributed by atoms with Crippen LogP contribution < -0.4 is 10.0 Å². The van der Waals surface area contributed by atoms with Gasteiger partial charge in [-0.25, -0.2) is 13.4 Å². The van der Waals surface area contributed by atoms with Crippen LogP contribution in [0.4, 0.5) is 17.3 Å². The van der Waals surface area contributed by atoms with Gasteiger partial charge in [-0.2, -0.15) is 0 Å². The first kappa shape index (κ1) is 17.9. The van der Waals surface area contributed by atoms with E-state index in [1.807, 2.05) is 30.3 Å². The van der Waals surface area contributed by atoms with Gasteiger partial charge in [0.2, 0.25) is 10.0 Å². The van der Waals surface area contributed by atoms with Gasteiger partial charge < -0.3 is 9.84 Å². The second-order valence-corrected chi connectivity index (χ2v) is 7.73. The highest BCUT2D eigenvalue weighted by molar-refractivity contribution is 7.92. The number of aryl methyl sites for hydroxylation is 2.